The molecule has 0 saturated carbocycles. The van der Waals surface area contributed by atoms with Crippen molar-refractivity contribution < 1.29 is 4.74 Å². The van der Waals surface area contributed by atoms with Crippen LogP contribution in [0.5, 0.6) is 0 Å². The van der Waals surface area contributed by atoms with Crippen LogP contribution in [0.3, 0.4) is 0 Å². The first-order chi connectivity index (χ1) is 15.1. The summed E-state index contributed by atoms with van der Waals surface area (Å²) in [5.74, 6) is 0.676. The van der Waals surface area contributed by atoms with Gasteiger partial charge < -0.3 is 14.6 Å². The highest BCUT2D eigenvalue weighted by Gasteiger charge is 2.44. The van der Waals surface area contributed by atoms with Gasteiger partial charge >= 0.3 is 0 Å². The summed E-state index contributed by atoms with van der Waals surface area (Å²) in [6.07, 6.45) is 7.74. The topological polar surface area (TPSA) is 68.1 Å². The highest BCUT2D eigenvalue weighted by atomic mass is 16.5. The molecular weight excluding hydrogens is 388 g/mol. The third-order valence-electron chi connectivity index (χ3n) is 6.62. The molecule has 3 aromatic rings. The lowest BCUT2D eigenvalue weighted by Crippen LogP contribution is -2.40. The van der Waals surface area contributed by atoms with Crippen molar-refractivity contribution in [1.82, 2.24) is 24.4 Å². The van der Waals surface area contributed by atoms with Crippen LogP contribution < -0.4 is 5.32 Å². The number of imidazole rings is 1. The van der Waals surface area contributed by atoms with Crippen molar-refractivity contribution in [3.05, 3.63) is 71.1 Å². The van der Waals surface area contributed by atoms with E-state index in [0.717, 1.165) is 56.0 Å². The minimum Gasteiger partial charge on any atom is -0.376 e. The summed E-state index contributed by atoms with van der Waals surface area (Å²) in [7, 11) is 1.99. The van der Waals surface area contributed by atoms with Gasteiger partial charge in [0.25, 0.3) is 0 Å². The Hall–Kier alpha value is -2.77. The van der Waals surface area contributed by atoms with Gasteiger partial charge in [-0.1, -0.05) is 31.2 Å². The van der Waals surface area contributed by atoms with Crippen LogP contribution in [0.25, 0.3) is 0 Å². The molecule has 0 radical (unpaired) electrons. The standard InChI is InChI=1S/C24H30N6O/c1-3-18-4-6-19(7-5-18)13-30-9-8-24(15-30)16-31-14-20-10-26-23(28-22(20)24)27-12-21-11-25-17-29(21)2/h4-7,10-11,17H,3,8-9,12-16H2,1-2H3,(H,26,27,28)/t24-/m0/s1. The van der Waals surface area contributed by atoms with Gasteiger partial charge in [0.15, 0.2) is 0 Å². The molecule has 1 spiro atoms. The number of fused-ring (bicyclic) bond motifs is 2. The summed E-state index contributed by atoms with van der Waals surface area (Å²) >= 11 is 0. The number of nitrogens with zero attached hydrogens (tertiary/aromatic N) is 5. The minimum atomic E-state index is -0.0527. The van der Waals surface area contributed by atoms with E-state index in [1.165, 1.54) is 11.1 Å². The number of anilines is 1. The van der Waals surface area contributed by atoms with E-state index in [1.807, 2.05) is 24.0 Å². The van der Waals surface area contributed by atoms with Gasteiger partial charge in [0.05, 0.1) is 42.9 Å². The molecule has 31 heavy (non-hydrogen) atoms. The van der Waals surface area contributed by atoms with Gasteiger partial charge in [0, 0.05) is 38.1 Å². The van der Waals surface area contributed by atoms with Crippen LogP contribution in [-0.2, 0) is 43.3 Å². The first-order valence-corrected chi connectivity index (χ1v) is 11.1. The summed E-state index contributed by atoms with van der Waals surface area (Å²) in [5, 5.41) is 3.37. The van der Waals surface area contributed by atoms with Gasteiger partial charge in [-0.15, -0.1) is 0 Å². The number of rotatable bonds is 6. The quantitative estimate of drug-likeness (QED) is 0.664. The third kappa shape index (κ3) is 4.07. The summed E-state index contributed by atoms with van der Waals surface area (Å²) in [5.41, 5.74) is 6.08. The lowest BCUT2D eigenvalue weighted by Gasteiger charge is -2.34. The van der Waals surface area contributed by atoms with Gasteiger partial charge in [0.2, 0.25) is 5.95 Å². The van der Waals surface area contributed by atoms with Crippen LogP contribution in [-0.4, -0.2) is 44.1 Å². The highest BCUT2D eigenvalue weighted by Crippen LogP contribution is 2.39. The second-order valence-electron chi connectivity index (χ2n) is 8.82. The molecule has 0 unspecified atom stereocenters. The SMILES string of the molecule is CCc1ccc(CN2CC[C@@]3(COCc4cnc(NCc5cncn5C)nc43)C2)cc1. The molecule has 1 fully saturated rings. The van der Waals surface area contributed by atoms with Crippen molar-refractivity contribution in [2.75, 3.05) is 25.0 Å². The normalized spacial score (nSPS) is 20.8. The van der Waals surface area contributed by atoms with Gasteiger partial charge in [-0.05, 0) is 30.5 Å². The van der Waals surface area contributed by atoms with E-state index >= 15 is 0 Å². The molecule has 2 aliphatic rings. The molecule has 0 bridgehead atoms. The van der Waals surface area contributed by atoms with Crippen molar-refractivity contribution in [2.45, 2.75) is 44.9 Å². The van der Waals surface area contributed by atoms with E-state index in [1.54, 1.807) is 6.33 Å². The maximum Gasteiger partial charge on any atom is 0.223 e. The first kappa shape index (κ1) is 20.2. The zero-order valence-electron chi connectivity index (χ0n) is 18.3. The number of aryl methyl sites for hydroxylation is 2. The average molecular weight is 419 g/mol. The molecule has 7 heteroatoms. The predicted molar refractivity (Wildman–Crippen MR) is 120 cm³/mol. The third-order valence-corrected chi connectivity index (χ3v) is 6.62. The van der Waals surface area contributed by atoms with Crippen LogP contribution in [0.1, 0.15) is 41.4 Å². The Bertz CT molecular complexity index is 1050. The Kier molecular flexibility index (Phi) is 5.46. The van der Waals surface area contributed by atoms with E-state index < -0.39 is 0 Å². The molecule has 2 aliphatic heterocycles. The lowest BCUT2D eigenvalue weighted by atomic mass is 9.80. The number of hydrogen-bond acceptors (Lipinski definition) is 6. The van der Waals surface area contributed by atoms with Crippen LogP contribution in [0.4, 0.5) is 5.95 Å². The molecule has 1 aromatic carbocycles. The second kappa shape index (κ2) is 8.40. The van der Waals surface area contributed by atoms with E-state index in [4.69, 9.17) is 9.72 Å². The zero-order valence-corrected chi connectivity index (χ0v) is 18.3. The van der Waals surface area contributed by atoms with Gasteiger partial charge in [-0.25, -0.2) is 15.0 Å². The Morgan fingerprint density at radius 3 is 2.77 bits per heavy atom. The summed E-state index contributed by atoms with van der Waals surface area (Å²) in [6.45, 7) is 7.16. The predicted octanol–water partition coefficient (Wildman–Crippen LogP) is 3.06. The molecule has 5 rings (SSSR count). The number of nitrogens with one attached hydrogen (secondary N) is 1. The van der Waals surface area contributed by atoms with Crippen molar-refractivity contribution in [3.8, 4) is 0 Å². The molecule has 4 heterocycles. The second-order valence-corrected chi connectivity index (χ2v) is 8.82. The number of benzene rings is 1. The first-order valence-electron chi connectivity index (χ1n) is 11.1. The Labute approximate surface area is 183 Å². The fourth-order valence-electron chi connectivity index (χ4n) is 4.75. The summed E-state index contributed by atoms with van der Waals surface area (Å²) in [4.78, 5) is 16.2. The molecular formula is C24H30N6O. The maximum atomic E-state index is 6.00. The molecule has 2 aromatic heterocycles. The van der Waals surface area contributed by atoms with Crippen molar-refractivity contribution >= 4 is 5.95 Å². The van der Waals surface area contributed by atoms with Crippen LogP contribution >= 0.6 is 0 Å². The van der Waals surface area contributed by atoms with E-state index in [9.17, 15) is 0 Å². The maximum absolute atomic E-state index is 6.00. The lowest BCUT2D eigenvalue weighted by molar-refractivity contribution is 0.0503. The fraction of sp³-hybridized carbons (Fsp3) is 0.458. The largest absolute Gasteiger partial charge is 0.376 e. The number of likely N-dealkylation sites (tertiary alicyclic amines) is 1. The van der Waals surface area contributed by atoms with Gasteiger partial charge in [-0.2, -0.15) is 0 Å². The zero-order chi connectivity index (χ0) is 21.3. The fourth-order valence-corrected chi connectivity index (χ4v) is 4.75. The summed E-state index contributed by atoms with van der Waals surface area (Å²) < 4.78 is 8.00. The van der Waals surface area contributed by atoms with E-state index in [-0.39, 0.29) is 5.41 Å². The van der Waals surface area contributed by atoms with Crippen LogP contribution in [0.15, 0.2) is 43.0 Å². The Morgan fingerprint density at radius 1 is 1.16 bits per heavy atom. The smallest absolute Gasteiger partial charge is 0.223 e. The minimum absolute atomic E-state index is 0.0527. The molecule has 0 aliphatic carbocycles. The van der Waals surface area contributed by atoms with Crippen molar-refractivity contribution in [2.24, 2.45) is 7.05 Å². The highest BCUT2D eigenvalue weighted by molar-refractivity contribution is 5.37. The molecule has 162 valence electrons. The molecule has 0 amide bonds. The number of aromatic nitrogens is 4. The summed E-state index contributed by atoms with van der Waals surface area (Å²) in [6, 6.07) is 9.01. The van der Waals surface area contributed by atoms with Crippen molar-refractivity contribution in [3.63, 3.8) is 0 Å². The molecule has 1 atom stereocenters. The number of ether oxygens (including phenoxy) is 1. The van der Waals surface area contributed by atoms with Gasteiger partial charge in [-0.3, -0.25) is 4.90 Å². The van der Waals surface area contributed by atoms with E-state index in [0.29, 0.717) is 19.1 Å². The molecule has 1 saturated heterocycles. The van der Waals surface area contributed by atoms with Crippen LogP contribution in [0, 0.1) is 0 Å². The van der Waals surface area contributed by atoms with E-state index in [2.05, 4.69) is 51.4 Å². The number of hydrogen-bond donors (Lipinski definition) is 1. The molecule has 7 nitrogen and oxygen atoms in total. The average Bonchev–Trinajstić information content (AvgIpc) is 3.39. The van der Waals surface area contributed by atoms with Crippen LogP contribution in [0.2, 0.25) is 0 Å². The monoisotopic (exact) mass is 418 g/mol. The Balaban J connectivity index is 1.32. The van der Waals surface area contributed by atoms with Gasteiger partial charge in [0.1, 0.15) is 0 Å². The van der Waals surface area contributed by atoms with Crippen molar-refractivity contribution in [1.29, 1.82) is 0 Å². The molecule has 1 N–H and O–H groups in total. The Morgan fingerprint density at radius 2 is 2.00 bits per heavy atom.